The van der Waals surface area contributed by atoms with Crippen molar-refractivity contribution in [2.45, 2.75) is 70.4 Å². The Labute approximate surface area is 100 Å². The van der Waals surface area contributed by atoms with Gasteiger partial charge < -0.3 is 10.1 Å². The van der Waals surface area contributed by atoms with Crippen molar-refractivity contribution < 1.29 is 4.74 Å². The first-order chi connectivity index (χ1) is 7.77. The average molecular weight is 225 g/mol. The van der Waals surface area contributed by atoms with E-state index in [0.717, 1.165) is 19.1 Å². The van der Waals surface area contributed by atoms with E-state index in [1.165, 1.54) is 44.9 Å². The fraction of sp³-hybridized carbons (Fsp3) is 1.00. The topological polar surface area (TPSA) is 21.3 Å². The van der Waals surface area contributed by atoms with Gasteiger partial charge in [0.1, 0.15) is 0 Å². The summed E-state index contributed by atoms with van der Waals surface area (Å²) in [5.74, 6) is 0.757. The first kappa shape index (κ1) is 12.4. The minimum atomic E-state index is 0.224. The first-order valence-electron chi connectivity index (χ1n) is 7.14. The summed E-state index contributed by atoms with van der Waals surface area (Å²) in [6.07, 6.45) is 9.10. The van der Waals surface area contributed by atoms with Gasteiger partial charge in [0, 0.05) is 12.6 Å². The zero-order valence-electron chi connectivity index (χ0n) is 10.9. The van der Waals surface area contributed by atoms with E-state index >= 15 is 0 Å². The van der Waals surface area contributed by atoms with Gasteiger partial charge in [0.05, 0.1) is 5.60 Å². The Morgan fingerprint density at radius 2 is 2.19 bits per heavy atom. The van der Waals surface area contributed by atoms with Crippen molar-refractivity contribution >= 4 is 0 Å². The van der Waals surface area contributed by atoms with Gasteiger partial charge in [-0.2, -0.15) is 0 Å². The predicted molar refractivity (Wildman–Crippen MR) is 67.6 cm³/mol. The van der Waals surface area contributed by atoms with Gasteiger partial charge in [-0.15, -0.1) is 0 Å². The van der Waals surface area contributed by atoms with E-state index in [9.17, 15) is 0 Å². The van der Waals surface area contributed by atoms with E-state index in [4.69, 9.17) is 4.74 Å². The highest BCUT2D eigenvalue weighted by Gasteiger charge is 2.42. The van der Waals surface area contributed by atoms with E-state index in [-0.39, 0.29) is 5.60 Å². The van der Waals surface area contributed by atoms with Gasteiger partial charge in [0.15, 0.2) is 0 Å². The standard InChI is InChI=1S/C14H27NO/c1-3-9-15-13-7-10-16-14(11-13)8-5-4-6-12(14)2/h12-13,15H,3-11H2,1-2H3. The second-order valence-corrected chi connectivity index (χ2v) is 5.70. The fourth-order valence-electron chi connectivity index (χ4n) is 3.41. The second kappa shape index (κ2) is 5.50. The summed E-state index contributed by atoms with van der Waals surface area (Å²) in [4.78, 5) is 0. The van der Waals surface area contributed by atoms with E-state index in [0.29, 0.717) is 6.04 Å². The Kier molecular flexibility index (Phi) is 4.26. The quantitative estimate of drug-likeness (QED) is 0.797. The van der Waals surface area contributed by atoms with Crippen molar-refractivity contribution in [1.29, 1.82) is 0 Å². The molecule has 2 aliphatic rings. The molecule has 94 valence electrons. The maximum Gasteiger partial charge on any atom is 0.0722 e. The van der Waals surface area contributed by atoms with E-state index in [2.05, 4.69) is 19.2 Å². The highest BCUT2D eigenvalue weighted by atomic mass is 16.5. The van der Waals surface area contributed by atoms with Gasteiger partial charge in [-0.25, -0.2) is 0 Å². The lowest BCUT2D eigenvalue weighted by atomic mass is 9.71. The summed E-state index contributed by atoms with van der Waals surface area (Å²) in [6, 6.07) is 0.703. The lowest BCUT2D eigenvalue weighted by molar-refractivity contribution is -0.138. The van der Waals surface area contributed by atoms with Crippen molar-refractivity contribution in [2.75, 3.05) is 13.2 Å². The first-order valence-corrected chi connectivity index (χ1v) is 7.14. The molecule has 2 rings (SSSR count). The molecule has 0 radical (unpaired) electrons. The van der Waals surface area contributed by atoms with Crippen LogP contribution in [-0.2, 0) is 4.74 Å². The summed E-state index contributed by atoms with van der Waals surface area (Å²) in [6.45, 7) is 6.76. The third kappa shape index (κ3) is 2.60. The second-order valence-electron chi connectivity index (χ2n) is 5.70. The molecule has 2 fully saturated rings. The normalized spacial score (nSPS) is 40.1. The molecule has 3 atom stereocenters. The van der Waals surface area contributed by atoms with Crippen LogP contribution in [0.1, 0.15) is 58.8 Å². The fourth-order valence-corrected chi connectivity index (χ4v) is 3.41. The van der Waals surface area contributed by atoms with Crippen LogP contribution in [-0.4, -0.2) is 24.8 Å². The minimum absolute atomic E-state index is 0.224. The summed E-state index contributed by atoms with van der Waals surface area (Å²) in [5, 5.41) is 3.68. The zero-order chi connectivity index (χ0) is 11.4. The largest absolute Gasteiger partial charge is 0.375 e. The summed E-state index contributed by atoms with van der Waals surface area (Å²) in [5.41, 5.74) is 0.224. The molecule has 1 saturated heterocycles. The van der Waals surface area contributed by atoms with Gasteiger partial charge in [-0.1, -0.05) is 26.7 Å². The Morgan fingerprint density at radius 1 is 1.31 bits per heavy atom. The molecule has 2 nitrogen and oxygen atoms in total. The smallest absolute Gasteiger partial charge is 0.0722 e. The van der Waals surface area contributed by atoms with E-state index in [1.807, 2.05) is 0 Å². The van der Waals surface area contributed by atoms with Crippen LogP contribution in [0.25, 0.3) is 0 Å². The number of ether oxygens (including phenoxy) is 1. The van der Waals surface area contributed by atoms with Gasteiger partial charge in [0.25, 0.3) is 0 Å². The van der Waals surface area contributed by atoms with Crippen LogP contribution in [0.2, 0.25) is 0 Å². The summed E-state index contributed by atoms with van der Waals surface area (Å²) < 4.78 is 6.19. The number of hydrogen-bond acceptors (Lipinski definition) is 2. The lowest BCUT2D eigenvalue weighted by Crippen LogP contribution is -2.51. The molecule has 3 unspecified atom stereocenters. The van der Waals surface area contributed by atoms with Crippen LogP contribution in [0.5, 0.6) is 0 Å². The molecule has 0 bridgehead atoms. The molecule has 0 aromatic rings. The van der Waals surface area contributed by atoms with Gasteiger partial charge in [0.2, 0.25) is 0 Å². The van der Waals surface area contributed by atoms with Crippen LogP contribution in [0.4, 0.5) is 0 Å². The molecule has 0 amide bonds. The molecule has 1 heterocycles. The maximum absolute atomic E-state index is 6.19. The van der Waals surface area contributed by atoms with Crippen molar-refractivity contribution in [3.8, 4) is 0 Å². The highest BCUT2D eigenvalue weighted by Crippen LogP contribution is 2.42. The Bertz CT molecular complexity index is 215. The van der Waals surface area contributed by atoms with Crippen LogP contribution < -0.4 is 5.32 Å². The average Bonchev–Trinajstić information content (AvgIpc) is 2.31. The molecule has 2 heteroatoms. The SMILES string of the molecule is CCCNC1CCOC2(CCCCC2C)C1. The van der Waals surface area contributed by atoms with Crippen molar-refractivity contribution in [3.63, 3.8) is 0 Å². The van der Waals surface area contributed by atoms with Gasteiger partial charge in [-0.05, 0) is 44.6 Å². The van der Waals surface area contributed by atoms with Gasteiger partial charge >= 0.3 is 0 Å². The van der Waals surface area contributed by atoms with Crippen LogP contribution >= 0.6 is 0 Å². The van der Waals surface area contributed by atoms with Gasteiger partial charge in [-0.3, -0.25) is 0 Å². The minimum Gasteiger partial charge on any atom is -0.375 e. The van der Waals surface area contributed by atoms with Crippen molar-refractivity contribution in [2.24, 2.45) is 5.92 Å². The Hall–Kier alpha value is -0.0800. The molecule has 1 aliphatic carbocycles. The highest BCUT2D eigenvalue weighted by molar-refractivity contribution is 4.95. The number of nitrogens with one attached hydrogen (secondary N) is 1. The maximum atomic E-state index is 6.19. The summed E-state index contributed by atoms with van der Waals surface area (Å²) >= 11 is 0. The molecule has 0 aromatic heterocycles. The van der Waals surface area contributed by atoms with E-state index < -0.39 is 0 Å². The molecule has 1 saturated carbocycles. The van der Waals surface area contributed by atoms with Crippen LogP contribution in [0.15, 0.2) is 0 Å². The zero-order valence-corrected chi connectivity index (χ0v) is 10.9. The van der Waals surface area contributed by atoms with Crippen LogP contribution in [0, 0.1) is 5.92 Å². The molecular weight excluding hydrogens is 198 g/mol. The molecule has 1 N–H and O–H groups in total. The molecule has 1 aliphatic heterocycles. The third-order valence-electron chi connectivity index (χ3n) is 4.52. The molecule has 1 spiro atoms. The number of hydrogen-bond donors (Lipinski definition) is 1. The lowest BCUT2D eigenvalue weighted by Gasteiger charge is -2.47. The Morgan fingerprint density at radius 3 is 2.94 bits per heavy atom. The number of rotatable bonds is 3. The van der Waals surface area contributed by atoms with Crippen LogP contribution in [0.3, 0.4) is 0 Å². The summed E-state index contributed by atoms with van der Waals surface area (Å²) in [7, 11) is 0. The predicted octanol–water partition coefficient (Wildman–Crippen LogP) is 3.11. The third-order valence-corrected chi connectivity index (χ3v) is 4.52. The van der Waals surface area contributed by atoms with E-state index in [1.54, 1.807) is 0 Å². The monoisotopic (exact) mass is 225 g/mol. The molecule has 16 heavy (non-hydrogen) atoms. The Balaban J connectivity index is 1.93. The molecule has 0 aromatic carbocycles. The molecular formula is C14H27NO. The van der Waals surface area contributed by atoms with Crippen molar-refractivity contribution in [1.82, 2.24) is 5.32 Å². The van der Waals surface area contributed by atoms with Crippen molar-refractivity contribution in [3.05, 3.63) is 0 Å².